The van der Waals surface area contributed by atoms with Crippen LogP contribution in [-0.4, -0.2) is 29.1 Å². The Morgan fingerprint density at radius 2 is 2.00 bits per heavy atom. The molecule has 1 aromatic heterocycles. The number of piperidine rings is 1. The molecule has 2 unspecified atom stereocenters. The Morgan fingerprint density at radius 1 is 1.35 bits per heavy atom. The molecule has 2 rings (SSSR count). The highest BCUT2D eigenvalue weighted by Crippen LogP contribution is 2.26. The molecule has 0 spiro atoms. The highest BCUT2D eigenvalue weighted by molar-refractivity contribution is 5.88. The first-order valence-corrected chi connectivity index (χ1v) is 7.48. The predicted octanol–water partition coefficient (Wildman–Crippen LogP) is 3.21. The van der Waals surface area contributed by atoms with E-state index in [2.05, 4.69) is 30.7 Å². The molecule has 1 N–H and O–H groups in total. The number of hydrogen-bond acceptors (Lipinski definition) is 3. The minimum atomic E-state index is -0.871. The van der Waals surface area contributed by atoms with Gasteiger partial charge in [0.25, 0.3) is 0 Å². The van der Waals surface area contributed by atoms with E-state index in [1.807, 2.05) is 0 Å². The van der Waals surface area contributed by atoms with Crippen molar-refractivity contribution in [1.29, 1.82) is 0 Å². The van der Waals surface area contributed by atoms with Crippen molar-refractivity contribution in [2.24, 2.45) is 11.8 Å². The van der Waals surface area contributed by atoms with Gasteiger partial charge in [0.05, 0.1) is 5.56 Å². The van der Waals surface area contributed by atoms with Gasteiger partial charge in [0, 0.05) is 18.8 Å². The van der Waals surface area contributed by atoms with Crippen molar-refractivity contribution in [3.63, 3.8) is 0 Å². The summed E-state index contributed by atoms with van der Waals surface area (Å²) in [6.07, 6.45) is 3.03. The van der Waals surface area contributed by atoms with E-state index in [9.17, 15) is 9.90 Å². The molecule has 2 heterocycles. The van der Waals surface area contributed by atoms with Crippen LogP contribution in [-0.2, 0) is 6.42 Å². The van der Waals surface area contributed by atoms with Gasteiger partial charge in [0.1, 0.15) is 5.82 Å². The van der Waals surface area contributed by atoms with Crippen LogP contribution in [0.2, 0.25) is 0 Å². The Hall–Kier alpha value is -1.58. The number of aromatic nitrogens is 1. The van der Waals surface area contributed by atoms with Crippen LogP contribution in [0.3, 0.4) is 0 Å². The molecule has 4 nitrogen and oxygen atoms in total. The van der Waals surface area contributed by atoms with Gasteiger partial charge in [0.15, 0.2) is 0 Å². The average molecular weight is 276 g/mol. The van der Waals surface area contributed by atoms with E-state index in [0.717, 1.165) is 37.4 Å². The van der Waals surface area contributed by atoms with Crippen molar-refractivity contribution in [2.45, 2.75) is 40.0 Å². The van der Waals surface area contributed by atoms with Gasteiger partial charge in [-0.2, -0.15) is 0 Å². The smallest absolute Gasteiger partial charge is 0.335 e. The topological polar surface area (TPSA) is 53.4 Å². The van der Waals surface area contributed by atoms with E-state index < -0.39 is 5.97 Å². The summed E-state index contributed by atoms with van der Waals surface area (Å²) in [6.45, 7) is 8.51. The van der Waals surface area contributed by atoms with Gasteiger partial charge in [-0.1, -0.05) is 27.2 Å². The Bertz CT molecular complexity index is 477. The summed E-state index contributed by atoms with van der Waals surface area (Å²) in [5.41, 5.74) is 1.23. The zero-order valence-electron chi connectivity index (χ0n) is 12.6. The second kappa shape index (κ2) is 6.25. The molecule has 0 aromatic carbocycles. The molecule has 4 heteroatoms. The number of carboxylic acid groups (broad SMARTS) is 1. The van der Waals surface area contributed by atoms with Crippen molar-refractivity contribution < 1.29 is 9.90 Å². The van der Waals surface area contributed by atoms with Crippen LogP contribution in [0.5, 0.6) is 0 Å². The van der Waals surface area contributed by atoms with Crippen molar-refractivity contribution in [2.75, 3.05) is 18.0 Å². The van der Waals surface area contributed by atoms with Crippen LogP contribution in [0.4, 0.5) is 5.82 Å². The molecule has 2 atom stereocenters. The van der Waals surface area contributed by atoms with Gasteiger partial charge < -0.3 is 10.0 Å². The fourth-order valence-corrected chi connectivity index (χ4v) is 3.09. The monoisotopic (exact) mass is 276 g/mol. The number of carboxylic acids is 1. The lowest BCUT2D eigenvalue weighted by atomic mass is 9.92. The zero-order valence-corrected chi connectivity index (χ0v) is 12.6. The lowest BCUT2D eigenvalue weighted by molar-refractivity contribution is 0.0696. The summed E-state index contributed by atoms with van der Waals surface area (Å²) < 4.78 is 0. The van der Waals surface area contributed by atoms with Gasteiger partial charge in [0.2, 0.25) is 0 Å². The van der Waals surface area contributed by atoms with Crippen LogP contribution >= 0.6 is 0 Å². The van der Waals surface area contributed by atoms with Gasteiger partial charge in [-0.3, -0.25) is 0 Å². The lowest BCUT2D eigenvalue weighted by Crippen LogP contribution is -2.39. The average Bonchev–Trinajstić information content (AvgIpc) is 2.37. The van der Waals surface area contributed by atoms with Crippen LogP contribution in [0, 0.1) is 11.8 Å². The van der Waals surface area contributed by atoms with Crippen molar-refractivity contribution in [1.82, 2.24) is 4.98 Å². The molecule has 0 bridgehead atoms. The number of aromatic carboxylic acids is 1. The van der Waals surface area contributed by atoms with E-state index in [1.165, 1.54) is 6.42 Å². The molecule has 1 aliphatic heterocycles. The maximum Gasteiger partial charge on any atom is 0.335 e. The second-order valence-corrected chi connectivity index (χ2v) is 6.11. The summed E-state index contributed by atoms with van der Waals surface area (Å²) in [5, 5.41) is 9.26. The molecular formula is C16H24N2O2. The highest BCUT2D eigenvalue weighted by Gasteiger charge is 2.23. The second-order valence-electron chi connectivity index (χ2n) is 6.11. The first-order valence-electron chi connectivity index (χ1n) is 7.48. The molecule has 1 fully saturated rings. The molecule has 0 saturated carbocycles. The molecule has 1 aliphatic rings. The van der Waals surface area contributed by atoms with E-state index in [-0.39, 0.29) is 0 Å². The van der Waals surface area contributed by atoms with Gasteiger partial charge in [-0.15, -0.1) is 0 Å². The summed E-state index contributed by atoms with van der Waals surface area (Å²) >= 11 is 0. The molecular weight excluding hydrogens is 252 g/mol. The quantitative estimate of drug-likeness (QED) is 0.917. The summed E-state index contributed by atoms with van der Waals surface area (Å²) in [5.74, 6) is 1.21. The lowest BCUT2D eigenvalue weighted by Gasteiger charge is -2.36. The Labute approximate surface area is 120 Å². The van der Waals surface area contributed by atoms with Crippen molar-refractivity contribution in [3.05, 3.63) is 23.4 Å². The number of hydrogen-bond donors (Lipinski definition) is 1. The van der Waals surface area contributed by atoms with Crippen LogP contribution in [0.15, 0.2) is 12.1 Å². The van der Waals surface area contributed by atoms with Gasteiger partial charge in [-0.25, -0.2) is 9.78 Å². The van der Waals surface area contributed by atoms with Crippen molar-refractivity contribution in [3.8, 4) is 0 Å². The van der Waals surface area contributed by atoms with Gasteiger partial charge >= 0.3 is 5.97 Å². The standard InChI is InChI=1S/C16H24N2O2/c1-4-5-14-7-13(16(19)20)8-15(17-14)18-9-11(2)6-12(3)10-18/h7-8,11-12H,4-6,9-10H2,1-3H3,(H,19,20). The minimum Gasteiger partial charge on any atom is -0.478 e. The molecule has 0 amide bonds. The Kier molecular flexibility index (Phi) is 4.63. The highest BCUT2D eigenvalue weighted by atomic mass is 16.4. The third-order valence-corrected chi connectivity index (χ3v) is 3.81. The van der Waals surface area contributed by atoms with E-state index in [0.29, 0.717) is 17.4 Å². The summed E-state index contributed by atoms with van der Waals surface area (Å²) in [7, 11) is 0. The largest absolute Gasteiger partial charge is 0.478 e. The first kappa shape index (κ1) is 14.8. The van der Waals surface area contributed by atoms with Crippen LogP contribution in [0.25, 0.3) is 0 Å². The maximum absolute atomic E-state index is 11.3. The molecule has 0 aliphatic carbocycles. The first-order chi connectivity index (χ1) is 9.49. The van der Waals surface area contributed by atoms with Crippen LogP contribution < -0.4 is 4.90 Å². The molecule has 1 aromatic rings. The zero-order chi connectivity index (χ0) is 14.7. The number of anilines is 1. The number of pyridine rings is 1. The molecule has 20 heavy (non-hydrogen) atoms. The fourth-order valence-electron chi connectivity index (χ4n) is 3.09. The molecule has 0 radical (unpaired) electrons. The summed E-state index contributed by atoms with van der Waals surface area (Å²) in [4.78, 5) is 18.2. The SMILES string of the molecule is CCCc1cc(C(=O)O)cc(N2CC(C)CC(C)C2)n1. The number of aryl methyl sites for hydroxylation is 1. The predicted molar refractivity (Wildman–Crippen MR) is 80.3 cm³/mol. The Morgan fingerprint density at radius 3 is 2.55 bits per heavy atom. The van der Waals surface area contributed by atoms with Crippen LogP contribution in [0.1, 0.15) is 49.7 Å². The number of rotatable bonds is 4. The van der Waals surface area contributed by atoms with Gasteiger partial charge in [-0.05, 0) is 36.8 Å². The Balaban J connectivity index is 2.31. The molecule has 110 valence electrons. The van der Waals surface area contributed by atoms with E-state index in [1.54, 1.807) is 12.1 Å². The van der Waals surface area contributed by atoms with Crippen molar-refractivity contribution >= 4 is 11.8 Å². The molecule has 1 saturated heterocycles. The number of carbonyl (C=O) groups is 1. The maximum atomic E-state index is 11.3. The fraction of sp³-hybridized carbons (Fsp3) is 0.625. The minimum absolute atomic E-state index is 0.351. The normalized spacial score (nSPS) is 22.9. The van der Waals surface area contributed by atoms with E-state index >= 15 is 0 Å². The summed E-state index contributed by atoms with van der Waals surface area (Å²) in [6, 6.07) is 3.42. The third kappa shape index (κ3) is 3.50. The third-order valence-electron chi connectivity index (χ3n) is 3.81. The van der Waals surface area contributed by atoms with E-state index in [4.69, 9.17) is 0 Å². The number of nitrogens with zero attached hydrogens (tertiary/aromatic N) is 2.